The van der Waals surface area contributed by atoms with Crippen LogP contribution in [-0.4, -0.2) is 44.4 Å². The van der Waals surface area contributed by atoms with Crippen molar-refractivity contribution in [3.05, 3.63) is 54.1 Å². The van der Waals surface area contributed by atoms with Gasteiger partial charge in [-0.05, 0) is 57.2 Å². The molecule has 0 aromatic heterocycles. The molecule has 1 aliphatic rings. The van der Waals surface area contributed by atoms with Crippen LogP contribution in [0.4, 0.5) is 5.69 Å². The SMILES string of the molecule is CCOc1ccc(N2CCN(S(=O)(=O)c3ccc(C)cc3)C(C)C2=O)cc1. The zero-order valence-electron chi connectivity index (χ0n) is 15.8. The number of carbonyl (C=O) groups excluding carboxylic acids is 1. The highest BCUT2D eigenvalue weighted by Gasteiger charge is 2.39. The molecular weight excluding hydrogens is 364 g/mol. The summed E-state index contributed by atoms with van der Waals surface area (Å²) in [4.78, 5) is 14.7. The Hall–Kier alpha value is -2.38. The van der Waals surface area contributed by atoms with Crippen LogP contribution in [0.1, 0.15) is 19.4 Å². The average molecular weight is 388 g/mol. The van der Waals surface area contributed by atoms with Gasteiger partial charge in [-0.15, -0.1) is 0 Å². The summed E-state index contributed by atoms with van der Waals surface area (Å²) >= 11 is 0. The number of nitrogens with zero attached hydrogens (tertiary/aromatic N) is 2. The standard InChI is InChI=1S/C20H24N2O4S/c1-4-26-18-9-7-17(8-10-18)21-13-14-22(16(3)20(21)23)27(24,25)19-11-5-15(2)6-12-19/h5-12,16H,4,13-14H2,1-3H3. The molecule has 27 heavy (non-hydrogen) atoms. The molecule has 0 spiro atoms. The molecule has 0 aliphatic carbocycles. The number of benzene rings is 2. The molecule has 7 heteroatoms. The van der Waals surface area contributed by atoms with E-state index < -0.39 is 16.1 Å². The molecule has 0 saturated carbocycles. The second-order valence-corrected chi connectivity index (χ2v) is 8.41. The zero-order chi connectivity index (χ0) is 19.6. The number of carbonyl (C=O) groups is 1. The highest BCUT2D eigenvalue weighted by atomic mass is 32.2. The molecule has 1 fully saturated rings. The highest BCUT2D eigenvalue weighted by molar-refractivity contribution is 7.89. The van der Waals surface area contributed by atoms with E-state index in [9.17, 15) is 13.2 Å². The maximum Gasteiger partial charge on any atom is 0.245 e. The number of aryl methyl sites for hydroxylation is 1. The Bertz CT molecular complexity index is 908. The quantitative estimate of drug-likeness (QED) is 0.790. The summed E-state index contributed by atoms with van der Waals surface area (Å²) in [5.41, 5.74) is 1.72. The molecule has 0 radical (unpaired) electrons. The van der Waals surface area contributed by atoms with Crippen LogP contribution in [0.5, 0.6) is 5.75 Å². The Balaban J connectivity index is 1.80. The van der Waals surface area contributed by atoms with Crippen molar-refractivity contribution < 1.29 is 17.9 Å². The van der Waals surface area contributed by atoms with Gasteiger partial charge in [0, 0.05) is 18.8 Å². The Morgan fingerprint density at radius 2 is 1.67 bits per heavy atom. The van der Waals surface area contributed by atoms with Crippen LogP contribution < -0.4 is 9.64 Å². The summed E-state index contributed by atoms with van der Waals surface area (Å²) in [5, 5.41) is 0. The van der Waals surface area contributed by atoms with Crippen LogP contribution >= 0.6 is 0 Å². The molecule has 6 nitrogen and oxygen atoms in total. The summed E-state index contributed by atoms with van der Waals surface area (Å²) < 4.78 is 32.6. The van der Waals surface area contributed by atoms with E-state index in [2.05, 4.69) is 0 Å². The van der Waals surface area contributed by atoms with Crippen LogP contribution in [0.2, 0.25) is 0 Å². The predicted octanol–water partition coefficient (Wildman–Crippen LogP) is 2.82. The van der Waals surface area contributed by atoms with Gasteiger partial charge in [0.25, 0.3) is 0 Å². The van der Waals surface area contributed by atoms with Gasteiger partial charge < -0.3 is 9.64 Å². The van der Waals surface area contributed by atoms with Gasteiger partial charge in [0.15, 0.2) is 0 Å². The molecule has 1 heterocycles. The minimum Gasteiger partial charge on any atom is -0.494 e. The minimum absolute atomic E-state index is 0.210. The molecule has 1 unspecified atom stereocenters. The first kappa shape index (κ1) is 19.4. The number of sulfonamides is 1. The van der Waals surface area contributed by atoms with Gasteiger partial charge >= 0.3 is 0 Å². The van der Waals surface area contributed by atoms with Gasteiger partial charge in [-0.25, -0.2) is 8.42 Å². The monoisotopic (exact) mass is 388 g/mol. The normalized spacial score (nSPS) is 18.6. The van der Waals surface area contributed by atoms with Gasteiger partial charge in [0.1, 0.15) is 11.8 Å². The molecule has 1 amide bonds. The van der Waals surface area contributed by atoms with E-state index in [4.69, 9.17) is 4.74 Å². The van der Waals surface area contributed by atoms with E-state index in [1.165, 1.54) is 4.31 Å². The number of piperazine rings is 1. The van der Waals surface area contributed by atoms with Crippen molar-refractivity contribution >= 4 is 21.6 Å². The fraction of sp³-hybridized carbons (Fsp3) is 0.350. The largest absolute Gasteiger partial charge is 0.494 e. The predicted molar refractivity (Wildman–Crippen MR) is 104 cm³/mol. The molecule has 1 aliphatic heterocycles. The first-order valence-corrected chi connectivity index (χ1v) is 10.4. The van der Waals surface area contributed by atoms with Crippen molar-refractivity contribution in [1.82, 2.24) is 4.31 Å². The maximum absolute atomic E-state index is 13.0. The Kier molecular flexibility index (Phi) is 5.53. The third-order valence-corrected chi connectivity index (χ3v) is 6.67. The van der Waals surface area contributed by atoms with Crippen LogP contribution in [0, 0.1) is 6.92 Å². The molecule has 2 aromatic carbocycles. The summed E-state index contributed by atoms with van der Waals surface area (Å²) in [6, 6.07) is 13.2. The van der Waals surface area contributed by atoms with E-state index in [1.54, 1.807) is 36.1 Å². The number of hydrogen-bond acceptors (Lipinski definition) is 4. The molecule has 3 rings (SSSR count). The smallest absolute Gasteiger partial charge is 0.245 e. The second kappa shape index (κ2) is 7.70. The van der Waals surface area contributed by atoms with Crippen LogP contribution in [0.25, 0.3) is 0 Å². The summed E-state index contributed by atoms with van der Waals surface area (Å²) in [6.07, 6.45) is 0. The van der Waals surface area contributed by atoms with Crippen molar-refractivity contribution in [2.24, 2.45) is 0 Å². The maximum atomic E-state index is 13.0. The summed E-state index contributed by atoms with van der Waals surface area (Å²) in [6.45, 7) is 6.57. The van der Waals surface area contributed by atoms with Crippen LogP contribution in [-0.2, 0) is 14.8 Å². The number of anilines is 1. The van der Waals surface area contributed by atoms with Crippen molar-refractivity contribution in [3.63, 3.8) is 0 Å². The second-order valence-electron chi connectivity index (χ2n) is 6.52. The Morgan fingerprint density at radius 3 is 2.26 bits per heavy atom. The van der Waals surface area contributed by atoms with E-state index in [1.807, 2.05) is 38.1 Å². The fourth-order valence-electron chi connectivity index (χ4n) is 3.17. The van der Waals surface area contributed by atoms with E-state index in [0.717, 1.165) is 17.0 Å². The van der Waals surface area contributed by atoms with Gasteiger partial charge in [-0.3, -0.25) is 4.79 Å². The lowest BCUT2D eigenvalue weighted by molar-refractivity contribution is -0.123. The van der Waals surface area contributed by atoms with Gasteiger partial charge in [0.05, 0.1) is 11.5 Å². The summed E-state index contributed by atoms with van der Waals surface area (Å²) in [7, 11) is -3.71. The van der Waals surface area contributed by atoms with Crippen LogP contribution in [0.15, 0.2) is 53.4 Å². The molecule has 144 valence electrons. The van der Waals surface area contributed by atoms with Gasteiger partial charge in [0.2, 0.25) is 15.9 Å². The van der Waals surface area contributed by atoms with Crippen molar-refractivity contribution in [3.8, 4) is 5.75 Å². The summed E-state index contributed by atoms with van der Waals surface area (Å²) in [5.74, 6) is 0.503. The van der Waals surface area contributed by atoms with Gasteiger partial charge in [-0.2, -0.15) is 4.31 Å². The Morgan fingerprint density at radius 1 is 1.04 bits per heavy atom. The third-order valence-electron chi connectivity index (χ3n) is 4.69. The van der Waals surface area contributed by atoms with Crippen molar-refractivity contribution in [2.45, 2.75) is 31.7 Å². The Labute approximate surface area is 160 Å². The molecule has 0 bridgehead atoms. The zero-order valence-corrected chi connectivity index (χ0v) is 16.6. The fourth-order valence-corrected chi connectivity index (χ4v) is 4.75. The molecule has 2 aromatic rings. The van der Waals surface area contributed by atoms with Crippen LogP contribution in [0.3, 0.4) is 0 Å². The molecule has 1 saturated heterocycles. The van der Waals surface area contributed by atoms with E-state index in [0.29, 0.717) is 13.2 Å². The van der Waals surface area contributed by atoms with Crippen molar-refractivity contribution in [2.75, 3.05) is 24.6 Å². The minimum atomic E-state index is -3.71. The number of ether oxygens (including phenoxy) is 1. The lowest BCUT2D eigenvalue weighted by Gasteiger charge is -2.38. The highest BCUT2D eigenvalue weighted by Crippen LogP contribution is 2.27. The van der Waals surface area contributed by atoms with Crippen molar-refractivity contribution in [1.29, 1.82) is 0 Å². The topological polar surface area (TPSA) is 66.9 Å². The first-order valence-electron chi connectivity index (χ1n) is 8.97. The lowest BCUT2D eigenvalue weighted by Crippen LogP contribution is -2.57. The number of amides is 1. The van der Waals surface area contributed by atoms with E-state index in [-0.39, 0.29) is 17.3 Å². The molecule has 1 atom stereocenters. The molecular formula is C20H24N2O4S. The first-order chi connectivity index (χ1) is 12.8. The van der Waals surface area contributed by atoms with Gasteiger partial charge in [-0.1, -0.05) is 17.7 Å². The van der Waals surface area contributed by atoms with E-state index >= 15 is 0 Å². The third kappa shape index (κ3) is 3.84. The molecule has 0 N–H and O–H groups in total. The lowest BCUT2D eigenvalue weighted by atomic mass is 10.2. The average Bonchev–Trinajstić information content (AvgIpc) is 2.65. The number of hydrogen-bond donors (Lipinski definition) is 0. The number of rotatable bonds is 5.